The first-order chi connectivity index (χ1) is 10.6. The highest BCUT2D eigenvalue weighted by Gasteiger charge is 2.33. The van der Waals surface area contributed by atoms with Crippen molar-refractivity contribution in [3.63, 3.8) is 0 Å². The summed E-state index contributed by atoms with van der Waals surface area (Å²) in [5.74, 6) is -0.0461. The van der Waals surface area contributed by atoms with Gasteiger partial charge in [-0.25, -0.2) is 9.97 Å². The lowest BCUT2D eigenvalue weighted by molar-refractivity contribution is -0.148. The molecule has 23 heavy (non-hydrogen) atoms. The van der Waals surface area contributed by atoms with Crippen molar-refractivity contribution in [1.82, 2.24) is 14.9 Å². The van der Waals surface area contributed by atoms with E-state index in [0.29, 0.717) is 32.5 Å². The standard InChI is InChI=1S/C13H16F6N4/c14-12(15,16)8-23-5-2-9(3-6-23)7-21-11-20-4-1-10(22-11)13(17,18)19/h1,4,9H,2-3,5-8H2,(H,20,21,22). The summed E-state index contributed by atoms with van der Waals surface area (Å²) in [7, 11) is 0. The van der Waals surface area contributed by atoms with E-state index in [4.69, 9.17) is 0 Å². The summed E-state index contributed by atoms with van der Waals surface area (Å²) in [6, 6.07) is 0.779. The molecule has 1 saturated heterocycles. The van der Waals surface area contributed by atoms with E-state index in [1.807, 2.05) is 0 Å². The molecule has 2 heterocycles. The summed E-state index contributed by atoms with van der Waals surface area (Å²) in [6.45, 7) is 0.0374. The molecule has 0 saturated carbocycles. The Balaban J connectivity index is 1.80. The monoisotopic (exact) mass is 342 g/mol. The van der Waals surface area contributed by atoms with E-state index < -0.39 is 24.6 Å². The third-order valence-corrected chi connectivity index (χ3v) is 3.60. The van der Waals surface area contributed by atoms with E-state index in [1.54, 1.807) is 0 Å². The molecule has 10 heteroatoms. The number of aromatic nitrogens is 2. The van der Waals surface area contributed by atoms with Crippen LogP contribution in [0.2, 0.25) is 0 Å². The second-order valence-corrected chi connectivity index (χ2v) is 5.48. The van der Waals surface area contributed by atoms with Gasteiger partial charge in [-0.1, -0.05) is 0 Å². The zero-order valence-electron chi connectivity index (χ0n) is 12.1. The van der Waals surface area contributed by atoms with E-state index in [9.17, 15) is 26.3 Å². The molecule has 0 amide bonds. The Labute approximate surface area is 128 Å². The van der Waals surface area contributed by atoms with Crippen molar-refractivity contribution in [1.29, 1.82) is 0 Å². The maximum absolute atomic E-state index is 12.5. The number of piperidine rings is 1. The Hall–Kier alpha value is -1.58. The van der Waals surface area contributed by atoms with Crippen LogP contribution in [0, 0.1) is 5.92 Å². The molecule has 1 N–H and O–H groups in total. The Morgan fingerprint density at radius 2 is 1.78 bits per heavy atom. The number of nitrogens with one attached hydrogen (secondary N) is 1. The molecule has 0 aromatic carbocycles. The number of alkyl halides is 6. The lowest BCUT2D eigenvalue weighted by atomic mass is 9.97. The molecule has 1 aliphatic rings. The molecule has 130 valence electrons. The maximum atomic E-state index is 12.5. The highest BCUT2D eigenvalue weighted by molar-refractivity contribution is 5.26. The van der Waals surface area contributed by atoms with Crippen LogP contribution in [0.25, 0.3) is 0 Å². The SMILES string of the molecule is FC(F)(F)CN1CCC(CNc2nccc(C(F)(F)F)n2)CC1. The molecular formula is C13H16F6N4. The van der Waals surface area contributed by atoms with Crippen LogP contribution < -0.4 is 5.32 Å². The van der Waals surface area contributed by atoms with Crippen LogP contribution in [0.15, 0.2) is 12.3 Å². The van der Waals surface area contributed by atoms with Gasteiger partial charge in [0, 0.05) is 12.7 Å². The van der Waals surface area contributed by atoms with E-state index in [1.165, 1.54) is 4.90 Å². The summed E-state index contributed by atoms with van der Waals surface area (Å²) in [5.41, 5.74) is -1.03. The van der Waals surface area contributed by atoms with Crippen LogP contribution in [0.1, 0.15) is 18.5 Å². The van der Waals surface area contributed by atoms with E-state index in [0.717, 1.165) is 12.3 Å². The summed E-state index contributed by atoms with van der Waals surface area (Å²) >= 11 is 0. The van der Waals surface area contributed by atoms with Crippen LogP contribution in [0.4, 0.5) is 32.3 Å². The molecule has 4 nitrogen and oxygen atoms in total. The average Bonchev–Trinajstić information content (AvgIpc) is 2.44. The van der Waals surface area contributed by atoms with Gasteiger partial charge >= 0.3 is 12.4 Å². The number of nitrogens with zero attached hydrogens (tertiary/aromatic N) is 3. The summed E-state index contributed by atoms with van der Waals surface area (Å²) in [6.07, 6.45) is -6.65. The minimum atomic E-state index is -4.54. The zero-order chi connectivity index (χ0) is 17.1. The minimum absolute atomic E-state index is 0.0811. The number of likely N-dealkylation sites (tertiary alicyclic amines) is 1. The van der Waals surface area contributed by atoms with Gasteiger partial charge in [-0.15, -0.1) is 0 Å². The molecule has 0 atom stereocenters. The Kier molecular flexibility index (Phi) is 5.33. The van der Waals surface area contributed by atoms with E-state index >= 15 is 0 Å². The van der Waals surface area contributed by atoms with Gasteiger partial charge in [-0.05, 0) is 37.9 Å². The zero-order valence-corrected chi connectivity index (χ0v) is 12.1. The molecule has 0 radical (unpaired) electrons. The summed E-state index contributed by atoms with van der Waals surface area (Å²) < 4.78 is 74.4. The van der Waals surface area contributed by atoms with Crippen molar-refractivity contribution in [2.24, 2.45) is 5.92 Å². The van der Waals surface area contributed by atoms with Gasteiger partial charge in [0.2, 0.25) is 5.95 Å². The van der Waals surface area contributed by atoms with Gasteiger partial charge in [0.25, 0.3) is 0 Å². The normalized spacial score (nSPS) is 18.2. The fraction of sp³-hybridized carbons (Fsp3) is 0.692. The molecule has 0 spiro atoms. The van der Waals surface area contributed by atoms with Crippen molar-refractivity contribution in [3.8, 4) is 0 Å². The predicted octanol–water partition coefficient (Wildman–Crippen LogP) is 3.18. The smallest absolute Gasteiger partial charge is 0.354 e. The molecule has 0 unspecified atom stereocenters. The topological polar surface area (TPSA) is 41.0 Å². The highest BCUT2D eigenvalue weighted by atomic mass is 19.4. The number of anilines is 1. The molecule has 2 rings (SSSR count). The Morgan fingerprint density at radius 1 is 1.13 bits per heavy atom. The summed E-state index contributed by atoms with van der Waals surface area (Å²) in [4.78, 5) is 8.44. The fourth-order valence-corrected chi connectivity index (χ4v) is 2.44. The molecule has 1 aromatic heterocycles. The third-order valence-electron chi connectivity index (χ3n) is 3.60. The van der Waals surface area contributed by atoms with Crippen molar-refractivity contribution >= 4 is 5.95 Å². The lowest BCUT2D eigenvalue weighted by Crippen LogP contribution is -2.41. The second-order valence-electron chi connectivity index (χ2n) is 5.48. The maximum Gasteiger partial charge on any atom is 0.433 e. The average molecular weight is 342 g/mol. The van der Waals surface area contributed by atoms with Gasteiger partial charge < -0.3 is 5.32 Å². The van der Waals surface area contributed by atoms with Crippen LogP contribution in [0.3, 0.4) is 0 Å². The van der Waals surface area contributed by atoms with Crippen molar-refractivity contribution < 1.29 is 26.3 Å². The first-order valence-corrected chi connectivity index (χ1v) is 7.07. The molecular weight excluding hydrogens is 326 g/mol. The fourth-order valence-electron chi connectivity index (χ4n) is 2.44. The first-order valence-electron chi connectivity index (χ1n) is 7.07. The highest BCUT2D eigenvalue weighted by Crippen LogP contribution is 2.28. The van der Waals surface area contributed by atoms with Crippen LogP contribution in [0.5, 0.6) is 0 Å². The number of rotatable bonds is 4. The van der Waals surface area contributed by atoms with Gasteiger partial charge in [0.1, 0.15) is 5.69 Å². The van der Waals surface area contributed by atoms with Gasteiger partial charge in [0.15, 0.2) is 0 Å². The lowest BCUT2D eigenvalue weighted by Gasteiger charge is -2.32. The first kappa shape index (κ1) is 17.8. The molecule has 0 aliphatic carbocycles. The number of halogens is 6. The minimum Gasteiger partial charge on any atom is -0.354 e. The second kappa shape index (κ2) is 6.90. The number of hydrogen-bond donors (Lipinski definition) is 1. The van der Waals surface area contributed by atoms with Gasteiger partial charge in [-0.3, -0.25) is 4.90 Å². The Bertz CT molecular complexity index is 508. The third kappa shape index (κ3) is 5.85. The van der Waals surface area contributed by atoms with E-state index in [2.05, 4.69) is 15.3 Å². The molecule has 0 bridgehead atoms. The van der Waals surface area contributed by atoms with Crippen LogP contribution in [-0.2, 0) is 6.18 Å². The van der Waals surface area contributed by atoms with Crippen LogP contribution in [-0.4, -0.2) is 47.2 Å². The molecule has 1 aliphatic heterocycles. The Morgan fingerprint density at radius 3 is 2.35 bits per heavy atom. The van der Waals surface area contributed by atoms with Crippen LogP contribution >= 0.6 is 0 Å². The van der Waals surface area contributed by atoms with Gasteiger partial charge in [0.05, 0.1) is 6.54 Å². The van der Waals surface area contributed by atoms with E-state index in [-0.39, 0.29) is 11.9 Å². The van der Waals surface area contributed by atoms with Crippen molar-refractivity contribution in [2.75, 3.05) is 31.5 Å². The largest absolute Gasteiger partial charge is 0.433 e. The van der Waals surface area contributed by atoms with Crippen molar-refractivity contribution in [2.45, 2.75) is 25.2 Å². The predicted molar refractivity (Wildman–Crippen MR) is 70.7 cm³/mol. The van der Waals surface area contributed by atoms with Gasteiger partial charge in [-0.2, -0.15) is 26.3 Å². The molecule has 1 fully saturated rings. The quantitative estimate of drug-likeness (QED) is 0.854. The number of hydrogen-bond acceptors (Lipinski definition) is 4. The van der Waals surface area contributed by atoms with Crippen molar-refractivity contribution in [3.05, 3.63) is 18.0 Å². The molecule has 1 aromatic rings. The summed E-state index contributed by atoms with van der Waals surface area (Å²) in [5, 5.41) is 2.73.